The van der Waals surface area contributed by atoms with Crippen molar-refractivity contribution < 1.29 is 9.59 Å². The highest BCUT2D eigenvalue weighted by Crippen LogP contribution is 2.30. The zero-order chi connectivity index (χ0) is 17.1. The summed E-state index contributed by atoms with van der Waals surface area (Å²) in [7, 11) is 0. The van der Waals surface area contributed by atoms with Crippen molar-refractivity contribution in [3.63, 3.8) is 0 Å². The summed E-state index contributed by atoms with van der Waals surface area (Å²) in [6.45, 7) is 4.38. The van der Waals surface area contributed by atoms with Crippen LogP contribution in [0.1, 0.15) is 29.8 Å². The molecule has 0 unspecified atom stereocenters. The Kier molecular flexibility index (Phi) is 4.38. The second-order valence-corrected chi connectivity index (χ2v) is 5.27. The molecule has 3 aromatic rings. The predicted octanol–water partition coefficient (Wildman–Crippen LogP) is 3.99. The second kappa shape index (κ2) is 6.62. The van der Waals surface area contributed by atoms with Gasteiger partial charge in [0.1, 0.15) is 0 Å². The van der Waals surface area contributed by atoms with Crippen LogP contribution in [0.15, 0.2) is 60.8 Å². The maximum atomic E-state index is 12.2. The molecule has 0 radical (unpaired) electrons. The standard InChI is InChI=1S/C18H12N2O2.C2H6/c21-17-14-5-1-2-6-16(14)20(18(17)22)11-12-7-8-15-13(10-12)4-3-9-19-15;1-2/h1-10H,11H2;1-2H3. The quantitative estimate of drug-likeness (QED) is 0.671. The third-order valence-electron chi connectivity index (χ3n) is 3.89. The van der Waals surface area contributed by atoms with Crippen LogP contribution in [0.4, 0.5) is 5.69 Å². The van der Waals surface area contributed by atoms with Gasteiger partial charge in [0.2, 0.25) is 0 Å². The van der Waals surface area contributed by atoms with Gasteiger partial charge < -0.3 is 4.90 Å². The first-order chi connectivity index (χ1) is 11.7. The monoisotopic (exact) mass is 318 g/mol. The average molecular weight is 318 g/mol. The first-order valence-corrected chi connectivity index (χ1v) is 8.03. The molecule has 4 heteroatoms. The third-order valence-corrected chi connectivity index (χ3v) is 3.89. The fraction of sp³-hybridized carbons (Fsp3) is 0.150. The molecule has 2 heterocycles. The highest BCUT2D eigenvalue weighted by atomic mass is 16.2. The first kappa shape index (κ1) is 15.9. The van der Waals surface area contributed by atoms with E-state index in [0.717, 1.165) is 16.5 Å². The van der Waals surface area contributed by atoms with E-state index in [1.54, 1.807) is 24.4 Å². The molecule has 0 aliphatic carbocycles. The molecule has 4 nitrogen and oxygen atoms in total. The first-order valence-electron chi connectivity index (χ1n) is 8.03. The molecule has 0 saturated heterocycles. The molecule has 0 N–H and O–H groups in total. The minimum atomic E-state index is -0.465. The van der Waals surface area contributed by atoms with Gasteiger partial charge in [-0.3, -0.25) is 14.6 Å². The Morgan fingerprint density at radius 2 is 1.75 bits per heavy atom. The number of benzene rings is 2. The molecule has 120 valence electrons. The number of hydrogen-bond acceptors (Lipinski definition) is 3. The van der Waals surface area contributed by atoms with Crippen LogP contribution < -0.4 is 4.90 Å². The predicted molar refractivity (Wildman–Crippen MR) is 95.1 cm³/mol. The van der Waals surface area contributed by atoms with Gasteiger partial charge in [-0.1, -0.05) is 38.1 Å². The van der Waals surface area contributed by atoms with E-state index < -0.39 is 11.7 Å². The molecular formula is C20H18N2O2. The number of para-hydroxylation sites is 1. The summed E-state index contributed by atoms with van der Waals surface area (Å²) in [6, 6.07) is 16.8. The highest BCUT2D eigenvalue weighted by molar-refractivity contribution is 6.52. The summed E-state index contributed by atoms with van der Waals surface area (Å²) in [6.07, 6.45) is 1.75. The number of anilines is 1. The maximum absolute atomic E-state index is 12.2. The van der Waals surface area contributed by atoms with Gasteiger partial charge in [-0.25, -0.2) is 0 Å². The molecular weight excluding hydrogens is 300 g/mol. The van der Waals surface area contributed by atoms with E-state index in [9.17, 15) is 9.59 Å². The number of carbonyl (C=O) groups excluding carboxylic acids is 2. The van der Waals surface area contributed by atoms with Crippen molar-refractivity contribution in [1.82, 2.24) is 4.98 Å². The van der Waals surface area contributed by atoms with E-state index in [1.807, 2.05) is 50.2 Å². The van der Waals surface area contributed by atoms with Gasteiger partial charge in [-0.2, -0.15) is 0 Å². The molecule has 24 heavy (non-hydrogen) atoms. The van der Waals surface area contributed by atoms with Crippen molar-refractivity contribution in [2.24, 2.45) is 0 Å². The average Bonchev–Trinajstić information content (AvgIpc) is 2.89. The van der Waals surface area contributed by atoms with Crippen molar-refractivity contribution >= 4 is 28.3 Å². The van der Waals surface area contributed by atoms with E-state index in [0.29, 0.717) is 17.8 Å². The summed E-state index contributed by atoms with van der Waals surface area (Å²) >= 11 is 0. The topological polar surface area (TPSA) is 50.3 Å². The van der Waals surface area contributed by atoms with Crippen molar-refractivity contribution in [2.45, 2.75) is 20.4 Å². The number of fused-ring (bicyclic) bond motifs is 2. The molecule has 0 atom stereocenters. The number of carbonyl (C=O) groups is 2. The number of pyridine rings is 1. The van der Waals surface area contributed by atoms with Crippen molar-refractivity contribution in [3.05, 3.63) is 71.9 Å². The van der Waals surface area contributed by atoms with Crippen LogP contribution in [0, 0.1) is 0 Å². The zero-order valence-corrected chi connectivity index (χ0v) is 13.7. The molecule has 1 amide bonds. The Bertz CT molecular complexity index is 918. The van der Waals surface area contributed by atoms with Crippen LogP contribution in [0.5, 0.6) is 0 Å². The van der Waals surface area contributed by atoms with Crippen LogP contribution in [0.25, 0.3) is 10.9 Å². The summed E-state index contributed by atoms with van der Waals surface area (Å²) < 4.78 is 0. The number of rotatable bonds is 2. The van der Waals surface area contributed by atoms with Gasteiger partial charge >= 0.3 is 0 Å². The van der Waals surface area contributed by atoms with Gasteiger partial charge in [0, 0.05) is 11.6 Å². The summed E-state index contributed by atoms with van der Waals surface area (Å²) in [5.74, 6) is -0.898. The molecule has 1 aromatic heterocycles. The number of Topliss-reactive ketones (excluding diaryl/α,β-unsaturated/α-hetero) is 1. The van der Waals surface area contributed by atoms with Crippen LogP contribution >= 0.6 is 0 Å². The Hall–Kier alpha value is -3.01. The van der Waals surface area contributed by atoms with Crippen molar-refractivity contribution in [2.75, 3.05) is 4.90 Å². The van der Waals surface area contributed by atoms with Crippen molar-refractivity contribution in [1.29, 1.82) is 0 Å². The van der Waals surface area contributed by atoms with E-state index in [1.165, 1.54) is 4.90 Å². The third kappa shape index (κ3) is 2.67. The largest absolute Gasteiger partial charge is 0.300 e. The molecule has 1 aliphatic rings. The smallest absolute Gasteiger partial charge is 0.299 e. The highest BCUT2D eigenvalue weighted by Gasteiger charge is 2.35. The Morgan fingerprint density at radius 1 is 0.958 bits per heavy atom. The second-order valence-electron chi connectivity index (χ2n) is 5.27. The number of amides is 1. The number of nitrogens with zero attached hydrogens (tertiary/aromatic N) is 2. The van der Waals surface area contributed by atoms with E-state index in [2.05, 4.69) is 4.98 Å². The summed E-state index contributed by atoms with van der Waals surface area (Å²) in [4.78, 5) is 30.0. The zero-order valence-electron chi connectivity index (χ0n) is 13.7. The van der Waals surface area contributed by atoms with Gasteiger partial charge in [0.25, 0.3) is 11.7 Å². The Labute approximate surface area is 140 Å². The number of aromatic nitrogens is 1. The van der Waals surface area contributed by atoms with Crippen LogP contribution in [0.3, 0.4) is 0 Å². The SMILES string of the molecule is CC.O=C1C(=O)N(Cc2ccc3ncccc3c2)c2ccccc21. The molecule has 2 aromatic carbocycles. The number of hydrogen-bond donors (Lipinski definition) is 0. The fourth-order valence-electron chi connectivity index (χ4n) is 2.81. The minimum absolute atomic E-state index is 0.381. The molecule has 0 spiro atoms. The Morgan fingerprint density at radius 3 is 2.58 bits per heavy atom. The maximum Gasteiger partial charge on any atom is 0.299 e. The summed E-state index contributed by atoms with van der Waals surface area (Å²) in [5, 5.41) is 1.02. The van der Waals surface area contributed by atoms with Crippen LogP contribution in [-0.2, 0) is 11.3 Å². The van der Waals surface area contributed by atoms with E-state index in [4.69, 9.17) is 0 Å². The lowest BCUT2D eigenvalue weighted by Gasteiger charge is -2.16. The normalized spacial score (nSPS) is 12.8. The van der Waals surface area contributed by atoms with E-state index >= 15 is 0 Å². The molecule has 0 fully saturated rings. The lowest BCUT2D eigenvalue weighted by molar-refractivity contribution is -0.114. The lowest BCUT2D eigenvalue weighted by atomic mass is 10.1. The van der Waals surface area contributed by atoms with E-state index in [-0.39, 0.29) is 0 Å². The molecule has 0 saturated carbocycles. The van der Waals surface area contributed by atoms with Crippen LogP contribution in [-0.4, -0.2) is 16.7 Å². The molecule has 0 bridgehead atoms. The van der Waals surface area contributed by atoms with Crippen LogP contribution in [0.2, 0.25) is 0 Å². The molecule has 4 rings (SSSR count). The number of ketones is 1. The minimum Gasteiger partial charge on any atom is -0.300 e. The fourth-order valence-corrected chi connectivity index (χ4v) is 2.81. The Balaban J connectivity index is 0.000000815. The van der Waals surface area contributed by atoms with Gasteiger partial charge in [-0.15, -0.1) is 0 Å². The molecule has 1 aliphatic heterocycles. The van der Waals surface area contributed by atoms with Crippen molar-refractivity contribution in [3.8, 4) is 0 Å². The van der Waals surface area contributed by atoms with Gasteiger partial charge in [0.05, 0.1) is 23.3 Å². The van der Waals surface area contributed by atoms with Gasteiger partial charge in [-0.05, 0) is 35.9 Å². The summed E-state index contributed by atoms with van der Waals surface area (Å²) in [5.41, 5.74) is 3.05. The van der Waals surface area contributed by atoms with Gasteiger partial charge in [0.15, 0.2) is 0 Å². The lowest BCUT2D eigenvalue weighted by Crippen LogP contribution is -2.29.